The Bertz CT molecular complexity index is 1210. The number of ether oxygens (including phenoxy) is 1. The second kappa shape index (κ2) is 9.00. The fourth-order valence-electron chi connectivity index (χ4n) is 3.84. The smallest absolute Gasteiger partial charge is 0.266 e. The van der Waals surface area contributed by atoms with Gasteiger partial charge in [-0.3, -0.25) is 9.40 Å². The number of aromatic nitrogens is 4. The summed E-state index contributed by atoms with van der Waals surface area (Å²) in [6.45, 7) is 0. The van der Waals surface area contributed by atoms with E-state index in [1.807, 2.05) is 13.1 Å². The molecule has 0 radical (unpaired) electrons. The molecule has 32 heavy (non-hydrogen) atoms. The van der Waals surface area contributed by atoms with Crippen molar-refractivity contribution in [1.82, 2.24) is 19.7 Å². The minimum Gasteiger partial charge on any atom is -0.488 e. The maximum absolute atomic E-state index is 14.8. The number of halogens is 2. The van der Waals surface area contributed by atoms with E-state index >= 15 is 0 Å². The van der Waals surface area contributed by atoms with Crippen molar-refractivity contribution < 1.29 is 22.7 Å². The lowest BCUT2D eigenvalue weighted by molar-refractivity contribution is 0.0370. The van der Waals surface area contributed by atoms with Gasteiger partial charge in [-0.15, -0.1) is 0 Å². The number of aliphatic hydroxyl groups is 1. The maximum atomic E-state index is 14.8. The number of benzene rings is 1. The normalized spacial score (nSPS) is 21.3. The molecule has 0 aliphatic heterocycles. The molecule has 0 bridgehead atoms. The molecule has 1 aromatic carbocycles. The van der Waals surface area contributed by atoms with Gasteiger partial charge in [-0.05, 0) is 31.0 Å². The molecule has 3 unspecified atom stereocenters. The van der Waals surface area contributed by atoms with Gasteiger partial charge in [-0.25, -0.2) is 22.8 Å². The van der Waals surface area contributed by atoms with Crippen LogP contribution in [-0.2, 0) is 17.1 Å². The van der Waals surface area contributed by atoms with Gasteiger partial charge in [0.2, 0.25) is 0 Å². The molecule has 0 saturated heterocycles. The van der Waals surface area contributed by atoms with Crippen LogP contribution in [0.2, 0.25) is 5.02 Å². The van der Waals surface area contributed by atoms with Crippen LogP contribution in [0.25, 0.3) is 0 Å². The van der Waals surface area contributed by atoms with Crippen molar-refractivity contribution >= 4 is 27.4 Å². The highest BCUT2D eigenvalue weighted by Gasteiger charge is 2.35. The van der Waals surface area contributed by atoms with Crippen LogP contribution in [0.1, 0.15) is 30.9 Å². The van der Waals surface area contributed by atoms with Crippen molar-refractivity contribution in [2.24, 2.45) is 7.05 Å². The van der Waals surface area contributed by atoms with Crippen LogP contribution in [0.4, 0.5) is 10.2 Å². The van der Waals surface area contributed by atoms with E-state index in [-0.39, 0.29) is 22.5 Å². The quantitative estimate of drug-likeness (QED) is 0.555. The lowest BCUT2D eigenvalue weighted by Crippen LogP contribution is -2.36. The largest absolute Gasteiger partial charge is 0.488 e. The Balaban J connectivity index is 1.60. The molecule has 0 amide bonds. The zero-order chi connectivity index (χ0) is 22.9. The monoisotopic (exact) mass is 481 g/mol. The fraction of sp³-hybridized carbons (Fsp3) is 0.350. The molecule has 3 atom stereocenters. The number of anilines is 1. The van der Waals surface area contributed by atoms with E-state index in [0.717, 1.165) is 24.2 Å². The Morgan fingerprint density at radius 1 is 1.28 bits per heavy atom. The fourth-order valence-corrected chi connectivity index (χ4v) is 5.21. The van der Waals surface area contributed by atoms with Crippen molar-refractivity contribution in [3.63, 3.8) is 0 Å². The van der Waals surface area contributed by atoms with E-state index in [9.17, 15) is 17.9 Å². The summed E-state index contributed by atoms with van der Waals surface area (Å²) in [5, 5.41) is 14.3. The predicted octanol–water partition coefficient (Wildman–Crippen LogP) is 2.88. The molecule has 12 heteroatoms. The summed E-state index contributed by atoms with van der Waals surface area (Å²) >= 11 is 6.28. The molecule has 1 aliphatic rings. The molecule has 3 aromatic rings. The maximum Gasteiger partial charge on any atom is 0.266 e. The average molecular weight is 482 g/mol. The summed E-state index contributed by atoms with van der Waals surface area (Å²) in [5.41, 5.74) is 0.923. The van der Waals surface area contributed by atoms with Crippen LogP contribution in [0, 0.1) is 5.82 Å². The molecule has 1 saturated carbocycles. The number of rotatable bonds is 6. The summed E-state index contributed by atoms with van der Waals surface area (Å²) in [4.78, 5) is 6.83. The Hall–Kier alpha value is -2.76. The Kier molecular flexibility index (Phi) is 6.31. The summed E-state index contributed by atoms with van der Waals surface area (Å²) in [6, 6.07) is 5.14. The minimum absolute atomic E-state index is 0.00331. The molecule has 4 rings (SSSR count). The van der Waals surface area contributed by atoms with Crippen molar-refractivity contribution in [3.8, 4) is 5.75 Å². The third-order valence-corrected chi connectivity index (χ3v) is 7.04. The molecule has 2 aromatic heterocycles. The summed E-state index contributed by atoms with van der Waals surface area (Å²) in [5.74, 6) is -1.13. The highest BCUT2D eigenvalue weighted by molar-refractivity contribution is 7.92. The molecular weight excluding hydrogens is 461 g/mol. The van der Waals surface area contributed by atoms with Gasteiger partial charge in [0.15, 0.2) is 0 Å². The van der Waals surface area contributed by atoms with Gasteiger partial charge in [0, 0.05) is 43.5 Å². The number of nitrogens with zero attached hydrogens (tertiary/aromatic N) is 4. The third kappa shape index (κ3) is 4.69. The zero-order valence-electron chi connectivity index (χ0n) is 17.0. The number of aryl methyl sites for hydroxylation is 1. The van der Waals surface area contributed by atoms with Crippen molar-refractivity contribution in [1.29, 1.82) is 0 Å². The molecule has 1 fully saturated rings. The number of aliphatic hydroxyl groups excluding tert-OH is 1. The highest BCUT2D eigenvalue weighted by atomic mass is 35.5. The van der Waals surface area contributed by atoms with Crippen LogP contribution < -0.4 is 9.46 Å². The van der Waals surface area contributed by atoms with Crippen LogP contribution in [0.15, 0.2) is 47.9 Å². The van der Waals surface area contributed by atoms with Gasteiger partial charge >= 0.3 is 0 Å². The van der Waals surface area contributed by atoms with Crippen LogP contribution in [0.5, 0.6) is 5.75 Å². The standard InChI is InChI=1S/C20H21ClFN5O4S/c1-27-16(4-7-25-27)13-3-2-12(28)8-17(13)31-18-10-15(22)19(9-14(18)21)32(29,30)26-20-5-6-23-11-24-20/h4-7,9-13,17,28H,2-3,8H2,1H3,(H,23,24,26). The summed E-state index contributed by atoms with van der Waals surface area (Å²) in [6.07, 6.45) is 4.71. The van der Waals surface area contributed by atoms with Gasteiger partial charge in [0.05, 0.1) is 11.1 Å². The van der Waals surface area contributed by atoms with Crippen LogP contribution in [-0.4, -0.2) is 45.5 Å². The van der Waals surface area contributed by atoms with Gasteiger partial charge < -0.3 is 9.84 Å². The molecule has 2 heterocycles. The SMILES string of the molecule is Cn1nccc1C1CCC(O)CC1Oc1cc(F)c(S(=O)(=O)Nc2ccncn2)cc1Cl. The first-order valence-corrected chi connectivity index (χ1v) is 11.7. The average Bonchev–Trinajstić information content (AvgIpc) is 3.16. The van der Waals surface area contributed by atoms with Gasteiger partial charge in [-0.1, -0.05) is 11.6 Å². The van der Waals surface area contributed by atoms with Gasteiger partial charge in [-0.2, -0.15) is 5.10 Å². The summed E-state index contributed by atoms with van der Waals surface area (Å²) in [7, 11) is -2.47. The Morgan fingerprint density at radius 3 is 2.78 bits per heavy atom. The second-order valence-electron chi connectivity index (χ2n) is 7.52. The minimum atomic E-state index is -4.28. The van der Waals surface area contributed by atoms with Gasteiger partial charge in [0.1, 0.15) is 34.7 Å². The van der Waals surface area contributed by atoms with Crippen LogP contribution >= 0.6 is 11.6 Å². The predicted molar refractivity (Wildman–Crippen MR) is 114 cm³/mol. The van der Waals surface area contributed by atoms with E-state index in [4.69, 9.17) is 16.3 Å². The molecule has 0 spiro atoms. The molecular formula is C20H21ClFN5O4S. The lowest BCUT2D eigenvalue weighted by atomic mass is 9.82. The molecule has 2 N–H and O–H groups in total. The highest BCUT2D eigenvalue weighted by Crippen LogP contribution is 2.38. The molecule has 170 valence electrons. The van der Waals surface area contributed by atoms with E-state index in [1.54, 1.807) is 10.9 Å². The Morgan fingerprint density at radius 2 is 2.09 bits per heavy atom. The zero-order valence-corrected chi connectivity index (χ0v) is 18.6. The summed E-state index contributed by atoms with van der Waals surface area (Å²) < 4.78 is 50.0. The first-order valence-electron chi connectivity index (χ1n) is 9.85. The van der Waals surface area contributed by atoms with Crippen molar-refractivity contribution in [3.05, 3.63) is 59.5 Å². The number of hydrogen-bond acceptors (Lipinski definition) is 7. The first-order chi connectivity index (χ1) is 15.2. The topological polar surface area (TPSA) is 119 Å². The number of hydrogen-bond donors (Lipinski definition) is 2. The van der Waals surface area contributed by atoms with Gasteiger partial charge in [0.25, 0.3) is 10.0 Å². The van der Waals surface area contributed by atoms with E-state index in [1.165, 1.54) is 12.3 Å². The van der Waals surface area contributed by atoms with E-state index in [0.29, 0.717) is 19.3 Å². The Labute approximate surface area is 189 Å². The number of nitrogens with one attached hydrogen (secondary N) is 1. The molecule has 9 nitrogen and oxygen atoms in total. The van der Waals surface area contributed by atoms with Crippen molar-refractivity contribution in [2.75, 3.05) is 4.72 Å². The van der Waals surface area contributed by atoms with E-state index < -0.39 is 32.9 Å². The second-order valence-corrected chi connectivity index (χ2v) is 9.58. The van der Waals surface area contributed by atoms with Crippen molar-refractivity contribution in [2.45, 2.75) is 42.3 Å². The van der Waals surface area contributed by atoms with Crippen LogP contribution in [0.3, 0.4) is 0 Å². The number of sulfonamides is 1. The molecule has 1 aliphatic carbocycles. The van der Waals surface area contributed by atoms with E-state index in [2.05, 4.69) is 19.8 Å². The first kappa shape index (κ1) is 22.4. The lowest BCUT2D eigenvalue weighted by Gasteiger charge is -2.34. The third-order valence-electron chi connectivity index (χ3n) is 5.38.